The van der Waals surface area contributed by atoms with E-state index in [4.69, 9.17) is 14.6 Å². The molecule has 2 heterocycles. The van der Waals surface area contributed by atoms with Gasteiger partial charge in [0.15, 0.2) is 0 Å². The molecule has 1 aromatic heterocycles. The van der Waals surface area contributed by atoms with Crippen LogP contribution < -0.4 is 5.46 Å². The van der Waals surface area contributed by atoms with E-state index >= 15 is 0 Å². The molecule has 18 heavy (non-hydrogen) atoms. The van der Waals surface area contributed by atoms with Crippen LogP contribution in [0, 0.1) is 11.3 Å². The lowest BCUT2D eigenvalue weighted by atomic mass is 9.79. The van der Waals surface area contributed by atoms with Crippen molar-refractivity contribution >= 4 is 12.6 Å². The zero-order valence-corrected chi connectivity index (χ0v) is 10.8. The van der Waals surface area contributed by atoms with Gasteiger partial charge in [-0.1, -0.05) is 12.6 Å². The van der Waals surface area contributed by atoms with Crippen molar-refractivity contribution in [2.75, 3.05) is 0 Å². The minimum Gasteiger partial charge on any atom is -0.534 e. The highest BCUT2D eigenvalue weighted by Crippen LogP contribution is 2.29. The second-order valence-electron chi connectivity index (χ2n) is 4.90. The number of pyridine rings is 1. The van der Waals surface area contributed by atoms with Crippen LogP contribution in [0.3, 0.4) is 0 Å². The van der Waals surface area contributed by atoms with E-state index in [1.54, 1.807) is 12.4 Å². The molecule has 1 saturated heterocycles. The smallest absolute Gasteiger partial charge is 0.534 e. The Labute approximate surface area is 107 Å². The zero-order chi connectivity index (χ0) is 13.3. The molecule has 0 aromatic carbocycles. The maximum absolute atomic E-state index is 8.92. The predicted octanol–water partition coefficient (Wildman–Crippen LogP) is 1.74. The SMILES string of the molecule is C=C1OB(c2cncc(C(C)C#N)c2)OC1(C)C. The van der Waals surface area contributed by atoms with E-state index in [1.807, 2.05) is 26.8 Å². The van der Waals surface area contributed by atoms with Gasteiger partial charge in [-0.05, 0) is 26.3 Å². The first-order valence-corrected chi connectivity index (χ1v) is 5.82. The van der Waals surface area contributed by atoms with Crippen molar-refractivity contribution in [3.05, 3.63) is 36.4 Å². The van der Waals surface area contributed by atoms with Crippen LogP contribution >= 0.6 is 0 Å². The second kappa shape index (κ2) is 4.47. The summed E-state index contributed by atoms with van der Waals surface area (Å²) in [6.45, 7) is 9.48. The maximum Gasteiger partial charge on any atom is 0.564 e. The largest absolute Gasteiger partial charge is 0.564 e. The Bertz CT molecular complexity index is 522. The third kappa shape index (κ3) is 2.25. The van der Waals surface area contributed by atoms with Gasteiger partial charge in [0, 0.05) is 17.9 Å². The summed E-state index contributed by atoms with van der Waals surface area (Å²) in [7, 11) is -0.495. The van der Waals surface area contributed by atoms with Crippen LogP contribution in [0.1, 0.15) is 32.3 Å². The average molecular weight is 242 g/mol. The normalized spacial score (nSPS) is 19.2. The van der Waals surface area contributed by atoms with Gasteiger partial charge in [0.2, 0.25) is 0 Å². The molecule has 0 aliphatic carbocycles. The lowest BCUT2D eigenvalue weighted by Crippen LogP contribution is -2.35. The molecule has 1 aliphatic heterocycles. The summed E-state index contributed by atoms with van der Waals surface area (Å²) in [6, 6.07) is 4.07. The summed E-state index contributed by atoms with van der Waals surface area (Å²) < 4.78 is 11.4. The molecule has 0 radical (unpaired) electrons. The van der Waals surface area contributed by atoms with Crippen molar-refractivity contribution in [1.82, 2.24) is 4.98 Å². The molecular formula is C13H15BN2O2. The van der Waals surface area contributed by atoms with Crippen molar-refractivity contribution in [2.24, 2.45) is 0 Å². The third-order valence-corrected chi connectivity index (χ3v) is 3.07. The van der Waals surface area contributed by atoms with Gasteiger partial charge in [-0.25, -0.2) is 0 Å². The number of rotatable bonds is 2. The average Bonchev–Trinajstić information content (AvgIpc) is 2.63. The fraction of sp³-hybridized carbons (Fsp3) is 0.385. The van der Waals surface area contributed by atoms with Gasteiger partial charge in [-0.2, -0.15) is 5.26 Å². The van der Waals surface area contributed by atoms with Crippen LogP contribution in [0.4, 0.5) is 0 Å². The first-order valence-electron chi connectivity index (χ1n) is 5.82. The highest BCUT2D eigenvalue weighted by atomic mass is 16.7. The van der Waals surface area contributed by atoms with Crippen LogP contribution in [-0.4, -0.2) is 17.7 Å². The van der Waals surface area contributed by atoms with Crippen LogP contribution in [0.2, 0.25) is 0 Å². The summed E-state index contributed by atoms with van der Waals surface area (Å²) in [4.78, 5) is 4.13. The van der Waals surface area contributed by atoms with Gasteiger partial charge in [0.25, 0.3) is 0 Å². The monoisotopic (exact) mass is 242 g/mol. The Kier molecular flexibility index (Phi) is 3.14. The molecule has 92 valence electrons. The van der Waals surface area contributed by atoms with E-state index in [2.05, 4.69) is 17.6 Å². The molecule has 0 spiro atoms. The Morgan fingerprint density at radius 2 is 2.22 bits per heavy atom. The number of aromatic nitrogens is 1. The molecular weight excluding hydrogens is 227 g/mol. The van der Waals surface area contributed by atoms with Crippen molar-refractivity contribution in [2.45, 2.75) is 32.3 Å². The van der Waals surface area contributed by atoms with Crippen LogP contribution in [0.5, 0.6) is 0 Å². The predicted molar refractivity (Wildman–Crippen MR) is 69.0 cm³/mol. The lowest BCUT2D eigenvalue weighted by Gasteiger charge is -2.15. The van der Waals surface area contributed by atoms with Crippen molar-refractivity contribution < 1.29 is 9.31 Å². The van der Waals surface area contributed by atoms with Crippen molar-refractivity contribution in [3.63, 3.8) is 0 Å². The van der Waals surface area contributed by atoms with Crippen LogP contribution in [0.25, 0.3) is 0 Å². The molecule has 0 bridgehead atoms. The van der Waals surface area contributed by atoms with E-state index in [9.17, 15) is 0 Å². The van der Waals surface area contributed by atoms with Crippen molar-refractivity contribution in [3.8, 4) is 6.07 Å². The standard InChI is InChI=1S/C13H15BN2O2/c1-9(6-15)11-5-12(8-16-7-11)14-17-10(2)13(3,4)18-14/h5,7-9H,2H2,1,3-4H3. The van der Waals surface area contributed by atoms with E-state index in [-0.39, 0.29) is 5.92 Å². The van der Waals surface area contributed by atoms with Gasteiger partial charge in [0.05, 0.1) is 17.7 Å². The molecule has 0 saturated carbocycles. The molecule has 1 aromatic rings. The van der Waals surface area contributed by atoms with Gasteiger partial charge >= 0.3 is 7.12 Å². The van der Waals surface area contributed by atoms with Crippen molar-refractivity contribution in [1.29, 1.82) is 5.26 Å². The Hall–Kier alpha value is -1.80. The Morgan fingerprint density at radius 1 is 1.50 bits per heavy atom. The molecule has 5 heteroatoms. The fourth-order valence-electron chi connectivity index (χ4n) is 1.68. The van der Waals surface area contributed by atoms with Gasteiger partial charge in [0.1, 0.15) is 5.60 Å². The molecule has 1 atom stereocenters. The maximum atomic E-state index is 8.92. The topological polar surface area (TPSA) is 55.1 Å². The zero-order valence-electron chi connectivity index (χ0n) is 10.8. The molecule has 1 fully saturated rings. The summed E-state index contributed by atoms with van der Waals surface area (Å²) in [5.41, 5.74) is 1.17. The molecule has 4 nitrogen and oxygen atoms in total. The summed E-state index contributed by atoms with van der Waals surface area (Å²) >= 11 is 0. The molecule has 1 aliphatic rings. The molecule has 0 amide bonds. The van der Waals surface area contributed by atoms with E-state index in [1.165, 1.54) is 0 Å². The van der Waals surface area contributed by atoms with E-state index in [0.29, 0.717) is 5.76 Å². The molecule has 0 N–H and O–H groups in total. The number of hydrogen-bond acceptors (Lipinski definition) is 4. The second-order valence-corrected chi connectivity index (χ2v) is 4.90. The highest BCUT2D eigenvalue weighted by molar-refractivity contribution is 6.62. The first kappa shape index (κ1) is 12.7. The quantitative estimate of drug-likeness (QED) is 0.741. The van der Waals surface area contributed by atoms with Gasteiger partial charge < -0.3 is 9.31 Å². The molecule has 1 unspecified atom stereocenters. The van der Waals surface area contributed by atoms with Crippen LogP contribution in [0.15, 0.2) is 30.8 Å². The minimum atomic E-state index is -0.498. The molecule has 2 rings (SSSR count). The lowest BCUT2D eigenvalue weighted by molar-refractivity contribution is 0.173. The first-order chi connectivity index (χ1) is 8.44. The highest BCUT2D eigenvalue weighted by Gasteiger charge is 2.43. The van der Waals surface area contributed by atoms with Gasteiger partial charge in [-0.15, -0.1) is 0 Å². The van der Waals surface area contributed by atoms with Crippen LogP contribution in [-0.2, 0) is 9.31 Å². The van der Waals surface area contributed by atoms with E-state index < -0.39 is 12.7 Å². The Balaban J connectivity index is 2.26. The Morgan fingerprint density at radius 3 is 2.78 bits per heavy atom. The number of hydrogen-bond donors (Lipinski definition) is 0. The number of nitrogens with zero attached hydrogens (tertiary/aromatic N) is 2. The van der Waals surface area contributed by atoms with E-state index in [0.717, 1.165) is 11.0 Å². The third-order valence-electron chi connectivity index (χ3n) is 3.07. The summed E-state index contributed by atoms with van der Waals surface area (Å²) in [6.07, 6.45) is 3.37. The fourth-order valence-corrected chi connectivity index (χ4v) is 1.68. The minimum absolute atomic E-state index is 0.199. The van der Waals surface area contributed by atoms with Gasteiger partial charge in [-0.3, -0.25) is 4.98 Å². The summed E-state index contributed by atoms with van der Waals surface area (Å²) in [5.74, 6) is 0.404. The number of nitriles is 1. The summed E-state index contributed by atoms with van der Waals surface area (Å²) in [5, 5.41) is 8.92.